The average Bonchev–Trinajstić information content (AvgIpc) is 2.71. The summed E-state index contributed by atoms with van der Waals surface area (Å²) in [6, 6.07) is 4.32. The maximum absolute atomic E-state index is 9.28. The zero-order chi connectivity index (χ0) is 13.3. The molecule has 1 aromatic rings. The summed E-state index contributed by atoms with van der Waals surface area (Å²) in [6.45, 7) is 7.49. The van der Waals surface area contributed by atoms with Gasteiger partial charge in [0.1, 0.15) is 11.9 Å². The lowest BCUT2D eigenvalue weighted by Gasteiger charge is -2.28. The quantitative estimate of drug-likeness (QED) is 0.801. The molecular formula is C15H21N3. The van der Waals surface area contributed by atoms with Gasteiger partial charge in [0.15, 0.2) is 0 Å². The molecule has 0 unspecified atom stereocenters. The Balaban J connectivity index is 2.35. The lowest BCUT2D eigenvalue weighted by Crippen LogP contribution is -2.30. The summed E-state index contributed by atoms with van der Waals surface area (Å²) >= 11 is 0. The van der Waals surface area contributed by atoms with Crippen molar-refractivity contribution in [2.24, 2.45) is 5.41 Å². The zero-order valence-corrected chi connectivity index (χ0v) is 11.7. The maximum atomic E-state index is 9.28. The summed E-state index contributed by atoms with van der Waals surface area (Å²) in [5, 5.41) is 9.28. The van der Waals surface area contributed by atoms with Gasteiger partial charge in [0.05, 0.1) is 5.56 Å². The lowest BCUT2D eigenvalue weighted by atomic mass is 9.96. The minimum Gasteiger partial charge on any atom is -0.358 e. The van der Waals surface area contributed by atoms with Crippen molar-refractivity contribution in [2.75, 3.05) is 18.5 Å². The molecule has 1 aliphatic rings. The molecule has 0 radical (unpaired) electrons. The number of aryl methyl sites for hydroxylation is 2. The van der Waals surface area contributed by atoms with E-state index in [0.29, 0.717) is 5.56 Å². The number of hydrogen-bond donors (Lipinski definition) is 0. The summed E-state index contributed by atoms with van der Waals surface area (Å²) in [7, 11) is 2.02. The van der Waals surface area contributed by atoms with E-state index in [2.05, 4.69) is 31.7 Å². The molecule has 0 fully saturated rings. The number of fused-ring (bicyclic) bond motifs is 1. The van der Waals surface area contributed by atoms with Crippen LogP contribution in [-0.2, 0) is 12.8 Å². The van der Waals surface area contributed by atoms with E-state index in [4.69, 9.17) is 4.98 Å². The monoisotopic (exact) mass is 243 g/mol. The molecule has 0 saturated carbocycles. The van der Waals surface area contributed by atoms with Crippen LogP contribution in [0.1, 0.15) is 44.0 Å². The van der Waals surface area contributed by atoms with E-state index in [1.165, 1.54) is 17.7 Å². The Morgan fingerprint density at radius 3 is 2.72 bits per heavy atom. The van der Waals surface area contributed by atoms with Crippen molar-refractivity contribution in [2.45, 2.75) is 40.0 Å². The van der Waals surface area contributed by atoms with Crippen LogP contribution < -0.4 is 4.90 Å². The van der Waals surface area contributed by atoms with Gasteiger partial charge >= 0.3 is 0 Å². The molecule has 1 aliphatic carbocycles. The topological polar surface area (TPSA) is 39.9 Å². The first-order chi connectivity index (χ1) is 8.40. The number of pyridine rings is 1. The summed E-state index contributed by atoms with van der Waals surface area (Å²) in [6.07, 6.45) is 3.29. The Labute approximate surface area is 109 Å². The smallest absolute Gasteiger partial charge is 0.146 e. The molecule has 3 heteroatoms. The second kappa shape index (κ2) is 4.61. The lowest BCUT2D eigenvalue weighted by molar-refractivity contribution is 0.417. The molecule has 1 heterocycles. The van der Waals surface area contributed by atoms with E-state index in [1.54, 1.807) is 0 Å². The number of anilines is 1. The van der Waals surface area contributed by atoms with Crippen molar-refractivity contribution in [3.05, 3.63) is 22.9 Å². The molecule has 0 aliphatic heterocycles. The van der Waals surface area contributed by atoms with Gasteiger partial charge in [-0.15, -0.1) is 0 Å². The van der Waals surface area contributed by atoms with Crippen LogP contribution in [0.4, 0.5) is 5.82 Å². The third-order valence-corrected chi connectivity index (χ3v) is 3.22. The van der Waals surface area contributed by atoms with Gasteiger partial charge in [-0.25, -0.2) is 4.98 Å². The van der Waals surface area contributed by atoms with Gasteiger partial charge in [-0.05, 0) is 36.3 Å². The number of nitrogens with zero attached hydrogens (tertiary/aromatic N) is 3. The minimum atomic E-state index is 0.197. The fraction of sp³-hybridized carbons (Fsp3) is 0.600. The van der Waals surface area contributed by atoms with E-state index in [-0.39, 0.29) is 5.41 Å². The fourth-order valence-corrected chi connectivity index (χ4v) is 2.62. The van der Waals surface area contributed by atoms with E-state index >= 15 is 0 Å². The first kappa shape index (κ1) is 12.9. The molecule has 96 valence electrons. The van der Waals surface area contributed by atoms with Gasteiger partial charge in [0, 0.05) is 19.3 Å². The molecular weight excluding hydrogens is 222 g/mol. The second-order valence-corrected chi connectivity index (χ2v) is 6.35. The molecule has 1 aromatic heterocycles. The van der Waals surface area contributed by atoms with Gasteiger partial charge in [-0.2, -0.15) is 5.26 Å². The first-order valence-electron chi connectivity index (χ1n) is 6.55. The highest BCUT2D eigenvalue weighted by atomic mass is 15.2. The fourth-order valence-electron chi connectivity index (χ4n) is 2.62. The van der Waals surface area contributed by atoms with Crippen LogP contribution >= 0.6 is 0 Å². The van der Waals surface area contributed by atoms with Crippen molar-refractivity contribution in [3.63, 3.8) is 0 Å². The molecule has 0 atom stereocenters. The van der Waals surface area contributed by atoms with Crippen molar-refractivity contribution in [1.82, 2.24) is 4.98 Å². The Kier molecular flexibility index (Phi) is 3.30. The van der Waals surface area contributed by atoms with Crippen LogP contribution in [0.25, 0.3) is 0 Å². The van der Waals surface area contributed by atoms with Crippen molar-refractivity contribution >= 4 is 5.82 Å². The normalized spacial score (nSPS) is 14.2. The van der Waals surface area contributed by atoms with Gasteiger partial charge in [-0.1, -0.05) is 20.8 Å². The molecule has 2 rings (SSSR count). The summed E-state index contributed by atoms with van der Waals surface area (Å²) in [5.74, 6) is 0.841. The Morgan fingerprint density at radius 1 is 1.39 bits per heavy atom. The van der Waals surface area contributed by atoms with E-state index in [0.717, 1.165) is 25.2 Å². The molecule has 0 spiro atoms. The highest BCUT2D eigenvalue weighted by Crippen LogP contribution is 2.28. The third kappa shape index (κ3) is 2.64. The molecule has 3 nitrogen and oxygen atoms in total. The summed E-state index contributed by atoms with van der Waals surface area (Å²) in [5.41, 5.74) is 3.36. The minimum absolute atomic E-state index is 0.197. The third-order valence-electron chi connectivity index (χ3n) is 3.22. The Hall–Kier alpha value is -1.56. The average molecular weight is 243 g/mol. The molecule has 0 aromatic carbocycles. The number of rotatable bonds is 2. The van der Waals surface area contributed by atoms with Gasteiger partial charge < -0.3 is 4.90 Å². The standard InChI is InChI=1S/C15H21N3/c1-15(2,3)10-18(4)14-12(9-16)8-11-6-5-7-13(11)17-14/h8H,5-7,10H2,1-4H3. The molecule has 0 saturated heterocycles. The van der Waals surface area contributed by atoms with Gasteiger partial charge in [0.25, 0.3) is 0 Å². The maximum Gasteiger partial charge on any atom is 0.146 e. The highest BCUT2D eigenvalue weighted by Gasteiger charge is 2.21. The zero-order valence-electron chi connectivity index (χ0n) is 11.7. The Morgan fingerprint density at radius 2 is 2.11 bits per heavy atom. The number of hydrogen-bond acceptors (Lipinski definition) is 3. The van der Waals surface area contributed by atoms with Crippen molar-refractivity contribution in [1.29, 1.82) is 5.26 Å². The van der Waals surface area contributed by atoms with Crippen molar-refractivity contribution < 1.29 is 0 Å². The first-order valence-corrected chi connectivity index (χ1v) is 6.55. The van der Waals surface area contributed by atoms with Gasteiger partial charge in [-0.3, -0.25) is 0 Å². The van der Waals surface area contributed by atoms with E-state index in [9.17, 15) is 5.26 Å². The van der Waals surface area contributed by atoms with Crippen LogP contribution in [0.3, 0.4) is 0 Å². The number of nitriles is 1. The van der Waals surface area contributed by atoms with Crippen LogP contribution in [0.5, 0.6) is 0 Å². The molecule has 0 amide bonds. The van der Waals surface area contributed by atoms with Crippen LogP contribution in [0.2, 0.25) is 0 Å². The molecule has 0 N–H and O–H groups in total. The highest BCUT2D eigenvalue weighted by molar-refractivity contribution is 5.56. The second-order valence-electron chi connectivity index (χ2n) is 6.35. The van der Waals surface area contributed by atoms with Crippen molar-refractivity contribution in [3.8, 4) is 6.07 Å². The summed E-state index contributed by atoms with van der Waals surface area (Å²) < 4.78 is 0. The summed E-state index contributed by atoms with van der Waals surface area (Å²) in [4.78, 5) is 6.82. The van der Waals surface area contributed by atoms with E-state index < -0.39 is 0 Å². The Bertz CT molecular complexity index is 492. The molecule has 18 heavy (non-hydrogen) atoms. The predicted molar refractivity (Wildman–Crippen MR) is 73.7 cm³/mol. The van der Waals surface area contributed by atoms with Crippen LogP contribution in [0.15, 0.2) is 6.07 Å². The molecule has 0 bridgehead atoms. The predicted octanol–water partition coefficient (Wildman–Crippen LogP) is 2.92. The van der Waals surface area contributed by atoms with Crippen LogP contribution in [-0.4, -0.2) is 18.6 Å². The van der Waals surface area contributed by atoms with Crippen LogP contribution in [0, 0.1) is 16.7 Å². The van der Waals surface area contributed by atoms with Gasteiger partial charge in [0.2, 0.25) is 0 Å². The number of aromatic nitrogens is 1. The van der Waals surface area contributed by atoms with E-state index in [1.807, 2.05) is 13.1 Å². The largest absolute Gasteiger partial charge is 0.358 e. The SMILES string of the molecule is CN(CC(C)(C)C)c1nc2c(cc1C#N)CCC2.